The van der Waals surface area contributed by atoms with E-state index < -0.39 is 31.2 Å². The number of aliphatic hydroxyl groups excluding tert-OH is 1. The van der Waals surface area contributed by atoms with Crippen LogP contribution in [-0.2, 0) is 30.3 Å². The highest BCUT2D eigenvalue weighted by Gasteiger charge is 2.46. The summed E-state index contributed by atoms with van der Waals surface area (Å²) in [4.78, 5) is 13.6. The zero-order chi connectivity index (χ0) is 26.5. The third-order valence-corrected chi connectivity index (χ3v) is 9.20. The van der Waals surface area contributed by atoms with Crippen LogP contribution in [0.25, 0.3) is 5.76 Å². The van der Waals surface area contributed by atoms with E-state index in [4.69, 9.17) is 0 Å². The number of fused-ring (bicyclic) bond motifs is 2. The van der Waals surface area contributed by atoms with Crippen molar-refractivity contribution in [1.82, 2.24) is 0 Å². The van der Waals surface area contributed by atoms with E-state index in [1.807, 2.05) is 6.07 Å². The smallest absolute Gasteiger partial charge is 0.286 e. The van der Waals surface area contributed by atoms with E-state index in [1.54, 1.807) is 25.1 Å². The van der Waals surface area contributed by atoms with Crippen molar-refractivity contribution in [2.75, 3.05) is 15.8 Å². The molecule has 0 spiro atoms. The van der Waals surface area contributed by atoms with Crippen LogP contribution in [0.1, 0.15) is 51.7 Å². The largest absolute Gasteiger partial charge is 0.506 e. The topological polar surface area (TPSA) is 142 Å². The number of Topliss-reactive ketones (excluding diaryl/α,β-unsaturated/α-hetero) is 1. The number of benzene rings is 2. The summed E-state index contributed by atoms with van der Waals surface area (Å²) in [5.41, 5.74) is 0.157. The number of nitrogens with one attached hydrogen (secondary N) is 2. The Balaban J connectivity index is 1.82. The van der Waals surface area contributed by atoms with Gasteiger partial charge >= 0.3 is 0 Å². The number of amidine groups is 1. The molecule has 11 heteroatoms. The molecule has 36 heavy (non-hydrogen) atoms. The molecule has 3 N–H and O–H groups in total. The van der Waals surface area contributed by atoms with Gasteiger partial charge in [-0.05, 0) is 56.4 Å². The van der Waals surface area contributed by atoms with Crippen LogP contribution in [0.4, 0.5) is 11.4 Å². The van der Waals surface area contributed by atoms with Crippen molar-refractivity contribution in [3.63, 3.8) is 0 Å². The predicted molar refractivity (Wildman–Crippen MR) is 140 cm³/mol. The zero-order valence-corrected chi connectivity index (χ0v) is 22.1. The van der Waals surface area contributed by atoms with Gasteiger partial charge in [-0.2, -0.15) is 8.42 Å². The summed E-state index contributed by atoms with van der Waals surface area (Å²) in [6.07, 6.45) is 1.26. The Morgan fingerprint density at radius 3 is 2.53 bits per heavy atom. The average molecular weight is 532 g/mol. The van der Waals surface area contributed by atoms with Crippen LogP contribution < -0.4 is 10.0 Å². The van der Waals surface area contributed by atoms with Crippen molar-refractivity contribution in [1.29, 1.82) is 0 Å². The number of aliphatic hydroxyl groups is 1. The minimum Gasteiger partial charge on any atom is -0.506 e. The minimum atomic E-state index is -4.32. The molecule has 2 aliphatic rings. The van der Waals surface area contributed by atoms with Crippen molar-refractivity contribution in [2.45, 2.75) is 50.8 Å². The molecule has 0 saturated heterocycles. The minimum absolute atomic E-state index is 0.0746. The highest BCUT2D eigenvalue weighted by atomic mass is 32.2. The van der Waals surface area contributed by atoms with Gasteiger partial charge in [-0.15, -0.1) is 4.40 Å². The Morgan fingerprint density at radius 1 is 1.17 bits per heavy atom. The number of anilines is 2. The molecule has 0 amide bonds. The lowest BCUT2D eigenvalue weighted by Crippen LogP contribution is -2.42. The molecule has 2 aromatic rings. The molecule has 4 rings (SSSR count). The Bertz CT molecular complexity index is 1520. The zero-order valence-electron chi connectivity index (χ0n) is 20.5. The first-order valence-electron chi connectivity index (χ1n) is 11.6. The van der Waals surface area contributed by atoms with Crippen molar-refractivity contribution in [2.24, 2.45) is 10.3 Å². The maximum Gasteiger partial charge on any atom is 0.286 e. The van der Waals surface area contributed by atoms with Gasteiger partial charge in [0.05, 0.1) is 16.9 Å². The molecule has 0 saturated carbocycles. The van der Waals surface area contributed by atoms with Crippen LogP contribution in [-0.4, -0.2) is 39.3 Å². The van der Waals surface area contributed by atoms with Crippen molar-refractivity contribution >= 4 is 48.8 Å². The number of carbonyl (C=O) groups excluding carboxylic acids is 1. The lowest BCUT2D eigenvalue weighted by molar-refractivity contribution is -0.120. The first kappa shape index (κ1) is 25.9. The second kappa shape index (κ2) is 9.04. The number of ketones is 1. The molecular weight excluding hydrogens is 502 g/mol. The number of sulfonamides is 2. The van der Waals surface area contributed by atoms with E-state index in [2.05, 4.69) is 28.3 Å². The molecule has 192 valence electrons. The van der Waals surface area contributed by atoms with Gasteiger partial charge in [-0.3, -0.25) is 9.52 Å². The van der Waals surface area contributed by atoms with Gasteiger partial charge in [0, 0.05) is 11.3 Å². The van der Waals surface area contributed by atoms with Crippen LogP contribution in [0.2, 0.25) is 0 Å². The second-order valence-electron chi connectivity index (χ2n) is 9.62. The monoisotopic (exact) mass is 531 g/mol. The normalized spacial score (nSPS) is 20.9. The number of hydrogen-bond donors (Lipinski definition) is 3. The SMILES string of the molecule is CCS(=O)(=O)Nc1ccc2c(c1)S(=O)(=O)N=C(C1=C(O)c3ccccc3C(C)(CCC(C)C)C1=O)N2. The predicted octanol–water partition coefficient (Wildman–Crippen LogP) is 4.21. The van der Waals surface area contributed by atoms with E-state index in [1.165, 1.54) is 25.1 Å². The highest BCUT2D eigenvalue weighted by Crippen LogP contribution is 2.44. The number of rotatable bonds is 7. The lowest BCUT2D eigenvalue weighted by atomic mass is 9.66. The van der Waals surface area contributed by atoms with Crippen LogP contribution in [0.15, 0.2) is 57.3 Å². The Kier molecular flexibility index (Phi) is 6.50. The average Bonchev–Trinajstić information content (AvgIpc) is 2.81. The van der Waals surface area contributed by atoms with Gasteiger partial charge in [0.15, 0.2) is 11.6 Å². The fraction of sp³-hybridized carbons (Fsp3) is 0.360. The third-order valence-electron chi connectivity index (χ3n) is 6.58. The molecule has 1 aliphatic carbocycles. The molecule has 0 radical (unpaired) electrons. The first-order valence-corrected chi connectivity index (χ1v) is 14.7. The first-order chi connectivity index (χ1) is 16.8. The molecule has 0 aromatic heterocycles. The summed E-state index contributed by atoms with van der Waals surface area (Å²) in [7, 11) is -7.94. The van der Waals surface area contributed by atoms with E-state index in [0.717, 1.165) is 6.42 Å². The molecule has 1 atom stereocenters. The van der Waals surface area contributed by atoms with Gasteiger partial charge in [-0.1, -0.05) is 38.1 Å². The number of carbonyl (C=O) groups is 1. The molecule has 2 aromatic carbocycles. The standard InChI is InChI=1S/C25H29N3O6S2/c1-5-35(31,32)27-16-10-11-19-20(14-16)36(33,34)28-24(26-19)21-22(29)17-8-6-7-9-18(17)25(4,23(21)30)13-12-15(2)3/h6-11,14-15,27,29H,5,12-13H2,1-4H3,(H,26,28). The summed E-state index contributed by atoms with van der Waals surface area (Å²) in [6, 6.07) is 11.0. The second-order valence-corrected chi connectivity index (χ2v) is 13.2. The lowest BCUT2D eigenvalue weighted by Gasteiger charge is -2.36. The van der Waals surface area contributed by atoms with Gasteiger partial charge < -0.3 is 10.4 Å². The van der Waals surface area contributed by atoms with Gasteiger partial charge in [0.2, 0.25) is 10.0 Å². The summed E-state index contributed by atoms with van der Waals surface area (Å²) in [6.45, 7) is 7.38. The Labute approximate surface area is 211 Å². The quantitative estimate of drug-likeness (QED) is 0.486. The van der Waals surface area contributed by atoms with Crippen LogP contribution >= 0.6 is 0 Å². The molecule has 1 heterocycles. The molecular formula is C25H29N3O6S2. The van der Waals surface area contributed by atoms with E-state index in [0.29, 0.717) is 23.5 Å². The summed E-state index contributed by atoms with van der Waals surface area (Å²) in [5.74, 6) is -0.866. The van der Waals surface area contributed by atoms with Crippen LogP contribution in [0.5, 0.6) is 0 Å². The van der Waals surface area contributed by atoms with E-state index >= 15 is 0 Å². The number of nitrogens with zero attached hydrogens (tertiary/aromatic N) is 1. The molecule has 0 bridgehead atoms. The Morgan fingerprint density at radius 2 is 1.86 bits per heavy atom. The fourth-order valence-electron chi connectivity index (χ4n) is 4.44. The Hall–Kier alpha value is -3.18. The maximum absolute atomic E-state index is 13.9. The summed E-state index contributed by atoms with van der Waals surface area (Å²) in [5, 5.41) is 14.0. The summed E-state index contributed by atoms with van der Waals surface area (Å²) >= 11 is 0. The van der Waals surface area contributed by atoms with E-state index in [-0.39, 0.29) is 39.2 Å². The molecule has 1 unspecified atom stereocenters. The molecule has 1 aliphatic heterocycles. The van der Waals surface area contributed by atoms with Crippen molar-refractivity contribution < 1.29 is 26.7 Å². The van der Waals surface area contributed by atoms with Crippen LogP contribution in [0.3, 0.4) is 0 Å². The maximum atomic E-state index is 13.9. The van der Waals surface area contributed by atoms with Crippen LogP contribution in [0, 0.1) is 5.92 Å². The van der Waals surface area contributed by atoms with Crippen molar-refractivity contribution in [3.05, 3.63) is 59.2 Å². The van der Waals surface area contributed by atoms with Gasteiger partial charge in [-0.25, -0.2) is 8.42 Å². The van der Waals surface area contributed by atoms with E-state index in [9.17, 15) is 26.7 Å². The van der Waals surface area contributed by atoms with Crippen molar-refractivity contribution in [3.8, 4) is 0 Å². The summed E-state index contributed by atoms with van der Waals surface area (Å²) < 4.78 is 56.2. The fourth-order valence-corrected chi connectivity index (χ4v) is 6.22. The highest BCUT2D eigenvalue weighted by molar-refractivity contribution is 7.92. The third kappa shape index (κ3) is 4.53. The molecule has 9 nitrogen and oxygen atoms in total. The van der Waals surface area contributed by atoms with Gasteiger partial charge in [0.25, 0.3) is 10.0 Å². The number of hydrogen-bond acceptors (Lipinski definition) is 7. The molecule has 0 fully saturated rings. The van der Waals surface area contributed by atoms with Gasteiger partial charge in [0.1, 0.15) is 16.2 Å².